The Morgan fingerprint density at radius 2 is 1.78 bits per heavy atom. The standard InChI is InChI=1S/C14H16Cl2N4O2S/c1-2-3-9-23(21,22)20-13-8-7-12(18-19-13)17-11-6-4-5-10(15)14(11)16/h4-8H,2-3,9H2,1H3,(H,17,18)(H,19,20). The predicted molar refractivity (Wildman–Crippen MR) is 94.1 cm³/mol. The molecule has 0 aliphatic rings. The van der Waals surface area contributed by atoms with Crippen molar-refractivity contribution in [2.45, 2.75) is 19.8 Å². The number of rotatable bonds is 7. The molecular weight excluding hydrogens is 359 g/mol. The van der Waals surface area contributed by atoms with Crippen LogP contribution in [0.5, 0.6) is 0 Å². The third kappa shape index (κ3) is 5.23. The fourth-order valence-electron chi connectivity index (χ4n) is 1.74. The Morgan fingerprint density at radius 1 is 1.09 bits per heavy atom. The maximum absolute atomic E-state index is 11.8. The van der Waals surface area contributed by atoms with Gasteiger partial charge in [-0.15, -0.1) is 10.2 Å². The highest BCUT2D eigenvalue weighted by Gasteiger charge is 2.11. The largest absolute Gasteiger partial charge is 0.337 e. The quantitative estimate of drug-likeness (QED) is 0.762. The van der Waals surface area contributed by atoms with Crippen LogP contribution in [0.15, 0.2) is 30.3 Å². The van der Waals surface area contributed by atoms with Gasteiger partial charge in [0.05, 0.1) is 21.5 Å². The molecule has 0 bridgehead atoms. The Morgan fingerprint density at radius 3 is 2.43 bits per heavy atom. The van der Waals surface area contributed by atoms with E-state index in [0.29, 0.717) is 28.0 Å². The molecule has 6 nitrogen and oxygen atoms in total. The van der Waals surface area contributed by atoms with Crippen LogP contribution in [0.1, 0.15) is 19.8 Å². The summed E-state index contributed by atoms with van der Waals surface area (Å²) < 4.78 is 26.0. The van der Waals surface area contributed by atoms with Crippen molar-refractivity contribution >= 4 is 50.5 Å². The first-order valence-electron chi connectivity index (χ1n) is 6.96. The van der Waals surface area contributed by atoms with Crippen LogP contribution >= 0.6 is 23.2 Å². The highest BCUT2D eigenvalue weighted by Crippen LogP contribution is 2.31. The molecule has 2 N–H and O–H groups in total. The molecule has 1 aromatic heterocycles. The summed E-state index contributed by atoms with van der Waals surface area (Å²) in [5.74, 6) is 0.651. The Labute approximate surface area is 145 Å². The minimum absolute atomic E-state index is 0.0588. The van der Waals surface area contributed by atoms with Crippen LogP contribution in [0.3, 0.4) is 0 Å². The molecule has 0 saturated heterocycles. The van der Waals surface area contributed by atoms with Gasteiger partial charge < -0.3 is 5.32 Å². The lowest BCUT2D eigenvalue weighted by Gasteiger charge is -2.09. The van der Waals surface area contributed by atoms with Crippen LogP contribution in [0.25, 0.3) is 0 Å². The summed E-state index contributed by atoms with van der Waals surface area (Å²) in [5, 5.41) is 11.5. The van der Waals surface area contributed by atoms with Crippen LogP contribution in [0.4, 0.5) is 17.3 Å². The Kier molecular flexibility index (Phi) is 6.04. The number of benzene rings is 1. The number of unbranched alkanes of at least 4 members (excludes halogenated alkanes) is 1. The summed E-state index contributed by atoms with van der Waals surface area (Å²) in [4.78, 5) is 0. The Bertz CT molecular complexity index is 767. The summed E-state index contributed by atoms with van der Waals surface area (Å²) >= 11 is 12.0. The van der Waals surface area contributed by atoms with Gasteiger partial charge in [-0.3, -0.25) is 4.72 Å². The van der Waals surface area contributed by atoms with E-state index in [1.165, 1.54) is 6.07 Å². The van der Waals surface area contributed by atoms with Gasteiger partial charge in [0.1, 0.15) is 0 Å². The van der Waals surface area contributed by atoms with Crippen molar-refractivity contribution in [2.75, 3.05) is 15.8 Å². The second-order valence-electron chi connectivity index (χ2n) is 4.80. The van der Waals surface area contributed by atoms with E-state index in [1.54, 1.807) is 24.3 Å². The molecule has 0 unspecified atom stereocenters. The van der Waals surface area contributed by atoms with Gasteiger partial charge in [-0.25, -0.2) is 8.42 Å². The van der Waals surface area contributed by atoms with Gasteiger partial charge in [-0.1, -0.05) is 42.6 Å². The molecule has 0 aliphatic heterocycles. The molecule has 124 valence electrons. The lowest BCUT2D eigenvalue weighted by molar-refractivity contribution is 0.597. The molecule has 1 heterocycles. The second kappa shape index (κ2) is 7.81. The molecule has 0 fully saturated rings. The van der Waals surface area contributed by atoms with Crippen LogP contribution in [0.2, 0.25) is 10.0 Å². The van der Waals surface area contributed by atoms with Gasteiger partial charge in [-0.2, -0.15) is 0 Å². The molecule has 0 radical (unpaired) electrons. The SMILES string of the molecule is CCCCS(=O)(=O)Nc1ccc(Nc2cccc(Cl)c2Cl)nn1. The molecule has 23 heavy (non-hydrogen) atoms. The summed E-state index contributed by atoms with van der Waals surface area (Å²) in [6.07, 6.45) is 1.39. The number of hydrogen-bond acceptors (Lipinski definition) is 5. The van der Waals surface area contributed by atoms with E-state index in [2.05, 4.69) is 20.2 Å². The van der Waals surface area contributed by atoms with E-state index in [-0.39, 0.29) is 11.6 Å². The molecule has 1 aromatic carbocycles. The number of nitrogens with zero attached hydrogens (tertiary/aromatic N) is 2. The normalized spacial score (nSPS) is 11.3. The van der Waals surface area contributed by atoms with E-state index < -0.39 is 10.0 Å². The average Bonchev–Trinajstić information content (AvgIpc) is 2.51. The van der Waals surface area contributed by atoms with Crippen molar-refractivity contribution in [3.05, 3.63) is 40.4 Å². The van der Waals surface area contributed by atoms with Gasteiger partial charge in [-0.05, 0) is 30.7 Å². The number of sulfonamides is 1. The van der Waals surface area contributed by atoms with E-state index in [0.717, 1.165) is 6.42 Å². The Balaban J connectivity index is 2.06. The molecule has 2 rings (SSSR count). The zero-order valence-corrected chi connectivity index (χ0v) is 14.7. The van der Waals surface area contributed by atoms with Crippen molar-refractivity contribution in [3.8, 4) is 0 Å². The molecule has 0 amide bonds. The number of halogens is 2. The third-order valence-corrected chi connectivity index (χ3v) is 5.07. The van der Waals surface area contributed by atoms with E-state index in [1.807, 2.05) is 6.92 Å². The molecule has 0 aliphatic carbocycles. The van der Waals surface area contributed by atoms with Crippen LogP contribution in [-0.2, 0) is 10.0 Å². The van der Waals surface area contributed by atoms with Crippen molar-refractivity contribution < 1.29 is 8.42 Å². The van der Waals surface area contributed by atoms with Crippen molar-refractivity contribution in [1.29, 1.82) is 0 Å². The number of hydrogen-bond donors (Lipinski definition) is 2. The molecule has 0 atom stereocenters. The van der Waals surface area contributed by atoms with E-state index >= 15 is 0 Å². The fraction of sp³-hybridized carbons (Fsp3) is 0.286. The maximum atomic E-state index is 11.8. The molecule has 0 spiro atoms. The molecule has 0 saturated carbocycles. The van der Waals surface area contributed by atoms with Gasteiger partial charge in [0.25, 0.3) is 0 Å². The number of nitrogens with one attached hydrogen (secondary N) is 2. The van der Waals surface area contributed by atoms with Gasteiger partial charge >= 0.3 is 0 Å². The first-order chi connectivity index (χ1) is 10.9. The summed E-state index contributed by atoms with van der Waals surface area (Å²) in [6.45, 7) is 1.93. The van der Waals surface area contributed by atoms with Crippen LogP contribution in [0, 0.1) is 0 Å². The third-order valence-electron chi connectivity index (χ3n) is 2.91. The monoisotopic (exact) mass is 374 g/mol. The zero-order chi connectivity index (χ0) is 16.9. The lowest BCUT2D eigenvalue weighted by Crippen LogP contribution is -2.17. The first-order valence-corrected chi connectivity index (χ1v) is 9.37. The second-order valence-corrected chi connectivity index (χ2v) is 7.43. The first kappa shape index (κ1) is 17.8. The fourth-order valence-corrected chi connectivity index (χ4v) is 3.28. The highest BCUT2D eigenvalue weighted by molar-refractivity contribution is 7.92. The smallest absolute Gasteiger partial charge is 0.233 e. The molecular formula is C14H16Cl2N4O2S. The van der Waals surface area contributed by atoms with Gasteiger partial charge in [0, 0.05) is 0 Å². The minimum atomic E-state index is -3.39. The number of anilines is 3. The minimum Gasteiger partial charge on any atom is -0.337 e. The zero-order valence-electron chi connectivity index (χ0n) is 12.4. The van der Waals surface area contributed by atoms with Crippen LogP contribution < -0.4 is 10.0 Å². The number of aromatic nitrogens is 2. The predicted octanol–water partition coefficient (Wildman–Crippen LogP) is 4.07. The highest BCUT2D eigenvalue weighted by atomic mass is 35.5. The van der Waals surface area contributed by atoms with Crippen molar-refractivity contribution in [3.63, 3.8) is 0 Å². The maximum Gasteiger partial charge on any atom is 0.233 e. The summed E-state index contributed by atoms with van der Waals surface area (Å²) in [5.41, 5.74) is 0.588. The summed E-state index contributed by atoms with van der Waals surface area (Å²) in [7, 11) is -3.39. The van der Waals surface area contributed by atoms with E-state index in [9.17, 15) is 8.42 Å². The molecule has 2 aromatic rings. The lowest BCUT2D eigenvalue weighted by atomic mass is 10.3. The van der Waals surface area contributed by atoms with Crippen molar-refractivity contribution in [1.82, 2.24) is 10.2 Å². The van der Waals surface area contributed by atoms with Crippen molar-refractivity contribution in [2.24, 2.45) is 0 Å². The average molecular weight is 375 g/mol. The molecule has 9 heteroatoms. The summed E-state index contributed by atoms with van der Waals surface area (Å²) in [6, 6.07) is 8.30. The topological polar surface area (TPSA) is 84.0 Å². The van der Waals surface area contributed by atoms with E-state index in [4.69, 9.17) is 23.2 Å². The van der Waals surface area contributed by atoms with Crippen LogP contribution in [-0.4, -0.2) is 24.4 Å². The van der Waals surface area contributed by atoms with Gasteiger partial charge in [0.15, 0.2) is 11.6 Å². The Hall–Kier alpha value is -1.57. The van der Waals surface area contributed by atoms with Gasteiger partial charge in [0.2, 0.25) is 10.0 Å².